The number of rotatable bonds is 3. The molecule has 0 aliphatic carbocycles. The summed E-state index contributed by atoms with van der Waals surface area (Å²) in [7, 11) is 1.91. The topological polar surface area (TPSA) is 47.4 Å². The van der Waals surface area contributed by atoms with Crippen molar-refractivity contribution in [2.24, 2.45) is 7.05 Å². The first-order valence-corrected chi connectivity index (χ1v) is 7.91. The highest BCUT2D eigenvalue weighted by Gasteiger charge is 2.26. The molecule has 0 spiro atoms. The third-order valence-corrected chi connectivity index (χ3v) is 4.24. The number of ether oxygens (including phenoxy) is 1. The first-order valence-electron chi connectivity index (χ1n) is 6.83. The molecule has 110 valence electrons. The van der Waals surface area contributed by atoms with E-state index in [-0.39, 0.29) is 12.5 Å². The minimum Gasteiger partial charge on any atom is -0.482 e. The van der Waals surface area contributed by atoms with E-state index in [4.69, 9.17) is 4.74 Å². The van der Waals surface area contributed by atoms with E-state index in [1.807, 2.05) is 29.9 Å². The number of halogens is 1. The molecular formula is C15H16IN3O2. The highest BCUT2D eigenvalue weighted by atomic mass is 127. The number of carbonyl (C=O) groups excluding carboxylic acids is 1. The van der Waals surface area contributed by atoms with Crippen molar-refractivity contribution in [3.05, 3.63) is 39.2 Å². The SMILES string of the molecule is CCc1cc(CN2C(=O)COc3ccc(I)cc32)n(C)n1. The third-order valence-electron chi connectivity index (χ3n) is 3.57. The second kappa shape index (κ2) is 5.67. The molecule has 1 aliphatic rings. The summed E-state index contributed by atoms with van der Waals surface area (Å²) in [5.74, 6) is 0.733. The Morgan fingerprint density at radius 2 is 2.19 bits per heavy atom. The molecule has 0 bridgehead atoms. The molecule has 0 unspecified atom stereocenters. The van der Waals surface area contributed by atoms with Gasteiger partial charge in [-0.25, -0.2) is 0 Å². The third kappa shape index (κ3) is 2.76. The lowest BCUT2D eigenvalue weighted by atomic mass is 10.2. The number of hydrogen-bond acceptors (Lipinski definition) is 3. The van der Waals surface area contributed by atoms with Gasteiger partial charge in [0.05, 0.1) is 23.6 Å². The van der Waals surface area contributed by atoms with E-state index in [9.17, 15) is 4.79 Å². The van der Waals surface area contributed by atoms with Crippen LogP contribution in [0.15, 0.2) is 24.3 Å². The van der Waals surface area contributed by atoms with E-state index < -0.39 is 0 Å². The molecular weight excluding hydrogens is 381 g/mol. The second-order valence-electron chi connectivity index (χ2n) is 4.98. The van der Waals surface area contributed by atoms with Gasteiger partial charge in [0.15, 0.2) is 6.61 Å². The van der Waals surface area contributed by atoms with Gasteiger partial charge in [-0.3, -0.25) is 14.4 Å². The summed E-state index contributed by atoms with van der Waals surface area (Å²) in [5, 5.41) is 4.44. The molecule has 5 nitrogen and oxygen atoms in total. The summed E-state index contributed by atoms with van der Waals surface area (Å²) in [4.78, 5) is 14.0. The van der Waals surface area contributed by atoms with Crippen molar-refractivity contribution in [1.29, 1.82) is 0 Å². The summed E-state index contributed by atoms with van der Waals surface area (Å²) in [5.41, 5.74) is 2.89. The molecule has 21 heavy (non-hydrogen) atoms. The van der Waals surface area contributed by atoms with Crippen molar-refractivity contribution in [2.45, 2.75) is 19.9 Å². The Labute approximate surface area is 137 Å². The van der Waals surface area contributed by atoms with Crippen LogP contribution in [-0.4, -0.2) is 22.3 Å². The molecule has 1 aliphatic heterocycles. The molecule has 0 saturated carbocycles. The molecule has 0 fully saturated rings. The fourth-order valence-electron chi connectivity index (χ4n) is 2.40. The Morgan fingerprint density at radius 1 is 1.38 bits per heavy atom. The number of aryl methyl sites for hydroxylation is 2. The van der Waals surface area contributed by atoms with Crippen LogP contribution in [0.3, 0.4) is 0 Å². The molecule has 1 aromatic heterocycles. The van der Waals surface area contributed by atoms with E-state index in [1.54, 1.807) is 4.90 Å². The van der Waals surface area contributed by atoms with E-state index in [0.29, 0.717) is 6.54 Å². The summed E-state index contributed by atoms with van der Waals surface area (Å²) < 4.78 is 8.42. The van der Waals surface area contributed by atoms with Crippen molar-refractivity contribution >= 4 is 34.2 Å². The molecule has 6 heteroatoms. The molecule has 3 rings (SSSR count). The van der Waals surface area contributed by atoms with Crippen molar-refractivity contribution in [2.75, 3.05) is 11.5 Å². The average molecular weight is 397 g/mol. The largest absolute Gasteiger partial charge is 0.482 e. The molecule has 0 radical (unpaired) electrons. The van der Waals surface area contributed by atoms with E-state index >= 15 is 0 Å². The number of anilines is 1. The fraction of sp³-hybridized carbons (Fsp3) is 0.333. The lowest BCUT2D eigenvalue weighted by Crippen LogP contribution is -2.38. The summed E-state index contributed by atoms with van der Waals surface area (Å²) in [6.07, 6.45) is 0.888. The second-order valence-corrected chi connectivity index (χ2v) is 6.23. The Morgan fingerprint density at radius 3 is 2.90 bits per heavy atom. The first kappa shape index (κ1) is 14.4. The number of hydrogen-bond donors (Lipinski definition) is 0. The van der Waals surface area contributed by atoms with Crippen LogP contribution in [0.2, 0.25) is 0 Å². The maximum atomic E-state index is 12.2. The Kier molecular flexibility index (Phi) is 3.88. The zero-order chi connectivity index (χ0) is 15.0. The predicted molar refractivity (Wildman–Crippen MR) is 88.4 cm³/mol. The molecule has 0 saturated heterocycles. The number of aromatic nitrogens is 2. The zero-order valence-electron chi connectivity index (χ0n) is 12.0. The van der Waals surface area contributed by atoms with Crippen molar-refractivity contribution in [1.82, 2.24) is 9.78 Å². The van der Waals surface area contributed by atoms with Crippen LogP contribution in [0.25, 0.3) is 0 Å². The smallest absolute Gasteiger partial charge is 0.265 e. The van der Waals surface area contributed by atoms with Gasteiger partial charge in [-0.1, -0.05) is 6.92 Å². The zero-order valence-corrected chi connectivity index (χ0v) is 14.1. The molecule has 2 aromatic rings. The van der Waals surface area contributed by atoms with Gasteiger partial charge in [-0.2, -0.15) is 5.10 Å². The maximum absolute atomic E-state index is 12.2. The van der Waals surface area contributed by atoms with Gasteiger partial charge in [-0.05, 0) is 53.3 Å². The van der Waals surface area contributed by atoms with Gasteiger partial charge >= 0.3 is 0 Å². The lowest BCUT2D eigenvalue weighted by molar-refractivity contribution is -0.121. The van der Waals surface area contributed by atoms with E-state index in [2.05, 4.69) is 40.7 Å². The Balaban J connectivity index is 1.96. The molecule has 2 heterocycles. The molecule has 0 atom stereocenters. The van der Waals surface area contributed by atoms with Crippen LogP contribution in [0.4, 0.5) is 5.69 Å². The quantitative estimate of drug-likeness (QED) is 0.748. The maximum Gasteiger partial charge on any atom is 0.265 e. The monoisotopic (exact) mass is 397 g/mol. The Bertz CT molecular complexity index is 696. The predicted octanol–water partition coefficient (Wildman–Crippen LogP) is 2.51. The highest BCUT2D eigenvalue weighted by Crippen LogP contribution is 2.34. The normalized spacial score (nSPS) is 14.0. The summed E-state index contributed by atoms with van der Waals surface area (Å²) in [6.45, 7) is 2.68. The molecule has 1 amide bonds. The summed E-state index contributed by atoms with van der Waals surface area (Å²) in [6, 6.07) is 7.92. The van der Waals surface area contributed by atoms with Crippen LogP contribution >= 0.6 is 22.6 Å². The van der Waals surface area contributed by atoms with Crippen molar-refractivity contribution in [3.8, 4) is 5.75 Å². The minimum absolute atomic E-state index is 0.0243. The summed E-state index contributed by atoms with van der Waals surface area (Å²) >= 11 is 2.24. The number of amides is 1. The fourth-order valence-corrected chi connectivity index (χ4v) is 2.88. The molecule has 1 aromatic carbocycles. The number of fused-ring (bicyclic) bond motifs is 1. The van der Waals surface area contributed by atoms with E-state index in [0.717, 1.165) is 32.8 Å². The van der Waals surface area contributed by atoms with Crippen LogP contribution in [0.5, 0.6) is 5.75 Å². The van der Waals surface area contributed by atoms with Gasteiger partial charge in [0.25, 0.3) is 5.91 Å². The minimum atomic E-state index is -0.0243. The van der Waals surface area contributed by atoms with Gasteiger partial charge in [-0.15, -0.1) is 0 Å². The standard InChI is InChI=1S/C15H16IN3O2/c1-3-11-7-12(18(2)17-11)8-19-13-6-10(16)4-5-14(13)21-9-15(19)20/h4-7H,3,8-9H2,1-2H3. The van der Waals surface area contributed by atoms with E-state index in [1.165, 1.54) is 0 Å². The van der Waals surface area contributed by atoms with Crippen LogP contribution in [0, 0.1) is 3.57 Å². The first-order chi connectivity index (χ1) is 10.1. The van der Waals surface area contributed by atoms with Gasteiger partial charge in [0.2, 0.25) is 0 Å². The van der Waals surface area contributed by atoms with Gasteiger partial charge in [0.1, 0.15) is 5.75 Å². The number of benzene rings is 1. The number of nitrogens with zero attached hydrogens (tertiary/aromatic N) is 3. The number of carbonyl (C=O) groups is 1. The van der Waals surface area contributed by atoms with Crippen molar-refractivity contribution in [3.63, 3.8) is 0 Å². The van der Waals surface area contributed by atoms with Crippen LogP contribution in [-0.2, 0) is 24.8 Å². The van der Waals surface area contributed by atoms with Gasteiger partial charge < -0.3 is 4.74 Å². The van der Waals surface area contributed by atoms with Crippen LogP contribution < -0.4 is 9.64 Å². The molecule has 0 N–H and O–H groups in total. The highest BCUT2D eigenvalue weighted by molar-refractivity contribution is 14.1. The average Bonchev–Trinajstić information content (AvgIpc) is 2.82. The lowest BCUT2D eigenvalue weighted by Gasteiger charge is -2.29. The van der Waals surface area contributed by atoms with Gasteiger partial charge in [0, 0.05) is 10.6 Å². The van der Waals surface area contributed by atoms with Crippen molar-refractivity contribution < 1.29 is 9.53 Å². The Hall–Kier alpha value is -1.57. The van der Waals surface area contributed by atoms with Crippen LogP contribution in [0.1, 0.15) is 18.3 Å².